The zero-order valence-corrected chi connectivity index (χ0v) is 12.4. The quantitative estimate of drug-likeness (QED) is 0.656. The number of nitrogens with one attached hydrogen (secondary N) is 1. The number of rotatable bonds is 10. The van der Waals surface area contributed by atoms with Crippen LogP contribution in [0, 0.1) is 0 Å². The molecule has 0 aliphatic heterocycles. The topological polar surface area (TPSA) is 30.5 Å². The molecule has 1 aromatic rings. The van der Waals surface area contributed by atoms with Gasteiger partial charge in [0, 0.05) is 12.6 Å². The van der Waals surface area contributed by atoms with E-state index in [4.69, 9.17) is 9.47 Å². The molecule has 0 aliphatic carbocycles. The first-order valence-electron chi connectivity index (χ1n) is 7.31. The van der Waals surface area contributed by atoms with E-state index in [1.54, 1.807) is 0 Å². The van der Waals surface area contributed by atoms with Crippen LogP contribution in [0.25, 0.3) is 0 Å². The van der Waals surface area contributed by atoms with Gasteiger partial charge in [-0.3, -0.25) is 0 Å². The first-order valence-corrected chi connectivity index (χ1v) is 7.31. The van der Waals surface area contributed by atoms with E-state index < -0.39 is 0 Å². The summed E-state index contributed by atoms with van der Waals surface area (Å²) in [5.74, 6) is 0.909. The number of unbranched alkanes of at least 4 members (excludes halogenated alkanes) is 1. The van der Waals surface area contributed by atoms with Crippen LogP contribution in [0.4, 0.5) is 0 Å². The highest BCUT2D eigenvalue weighted by molar-refractivity contribution is 5.28. The molecule has 1 aromatic carbocycles. The van der Waals surface area contributed by atoms with Gasteiger partial charge in [-0.1, -0.05) is 32.4 Å². The Morgan fingerprint density at radius 2 is 1.79 bits per heavy atom. The summed E-state index contributed by atoms with van der Waals surface area (Å²) in [6, 6.07) is 8.66. The van der Waals surface area contributed by atoms with Gasteiger partial charge in [0.1, 0.15) is 12.4 Å². The van der Waals surface area contributed by atoms with Crippen LogP contribution >= 0.6 is 0 Å². The van der Waals surface area contributed by atoms with Crippen molar-refractivity contribution in [3.8, 4) is 5.75 Å². The minimum Gasteiger partial charge on any atom is -0.491 e. The number of hydrogen-bond donors (Lipinski definition) is 1. The van der Waals surface area contributed by atoms with E-state index in [1.807, 2.05) is 12.1 Å². The predicted molar refractivity (Wildman–Crippen MR) is 79.8 cm³/mol. The maximum absolute atomic E-state index is 5.64. The molecule has 0 spiro atoms. The van der Waals surface area contributed by atoms with Crippen molar-refractivity contribution in [1.82, 2.24) is 5.32 Å². The van der Waals surface area contributed by atoms with Crippen molar-refractivity contribution in [3.05, 3.63) is 29.8 Å². The van der Waals surface area contributed by atoms with E-state index in [-0.39, 0.29) is 0 Å². The summed E-state index contributed by atoms with van der Waals surface area (Å²) < 4.78 is 11.1. The fourth-order valence-electron chi connectivity index (χ4n) is 1.84. The maximum Gasteiger partial charge on any atom is 0.119 e. The summed E-state index contributed by atoms with van der Waals surface area (Å²) in [5, 5.41) is 3.39. The van der Waals surface area contributed by atoms with Crippen molar-refractivity contribution in [1.29, 1.82) is 0 Å². The molecule has 0 amide bonds. The fourth-order valence-corrected chi connectivity index (χ4v) is 1.84. The van der Waals surface area contributed by atoms with Crippen LogP contribution in [-0.2, 0) is 4.74 Å². The predicted octanol–water partition coefficient (Wildman–Crippen LogP) is 3.55. The van der Waals surface area contributed by atoms with Crippen molar-refractivity contribution in [2.45, 2.75) is 39.7 Å². The Balaban J connectivity index is 2.24. The molecule has 1 N–H and O–H groups in total. The minimum atomic E-state index is 0.386. The maximum atomic E-state index is 5.64. The Hall–Kier alpha value is -1.06. The zero-order valence-electron chi connectivity index (χ0n) is 12.4. The molecule has 0 bridgehead atoms. The van der Waals surface area contributed by atoms with E-state index in [9.17, 15) is 0 Å². The van der Waals surface area contributed by atoms with E-state index >= 15 is 0 Å². The van der Waals surface area contributed by atoms with Crippen LogP contribution in [-0.4, -0.2) is 26.4 Å². The largest absolute Gasteiger partial charge is 0.491 e. The molecular formula is C16H27NO2. The molecule has 3 heteroatoms. The molecule has 0 saturated carbocycles. The molecule has 0 aromatic heterocycles. The minimum absolute atomic E-state index is 0.386. The van der Waals surface area contributed by atoms with Crippen LogP contribution in [0.2, 0.25) is 0 Å². The first kappa shape index (κ1) is 16.0. The van der Waals surface area contributed by atoms with Gasteiger partial charge in [-0.15, -0.1) is 0 Å². The highest BCUT2D eigenvalue weighted by Gasteiger charge is 2.03. The van der Waals surface area contributed by atoms with E-state index in [2.05, 4.69) is 38.2 Å². The Morgan fingerprint density at radius 1 is 1.05 bits per heavy atom. The molecule has 1 rings (SSSR count). The van der Waals surface area contributed by atoms with Crippen LogP contribution in [0.3, 0.4) is 0 Å². The second kappa shape index (κ2) is 9.82. The van der Waals surface area contributed by atoms with Crippen molar-refractivity contribution in [2.75, 3.05) is 26.4 Å². The Bertz CT molecular complexity index is 324. The number of benzene rings is 1. The lowest BCUT2D eigenvalue weighted by atomic mass is 10.1. The zero-order chi connectivity index (χ0) is 13.9. The lowest BCUT2D eigenvalue weighted by molar-refractivity contribution is 0.0980. The summed E-state index contributed by atoms with van der Waals surface area (Å²) in [7, 11) is 0. The highest BCUT2D eigenvalue weighted by Crippen LogP contribution is 2.17. The molecule has 19 heavy (non-hydrogen) atoms. The van der Waals surface area contributed by atoms with Crippen molar-refractivity contribution in [2.24, 2.45) is 0 Å². The van der Waals surface area contributed by atoms with Gasteiger partial charge in [-0.05, 0) is 37.6 Å². The van der Waals surface area contributed by atoms with Crippen molar-refractivity contribution >= 4 is 0 Å². The van der Waals surface area contributed by atoms with Gasteiger partial charge in [0.15, 0.2) is 0 Å². The molecule has 0 heterocycles. The Kier molecular flexibility index (Phi) is 8.26. The van der Waals surface area contributed by atoms with Gasteiger partial charge in [0.25, 0.3) is 0 Å². The SMILES string of the molecule is CCCCOCCOc1ccc(C(C)NCC)cc1. The third kappa shape index (κ3) is 6.60. The average molecular weight is 265 g/mol. The van der Waals surface area contributed by atoms with Gasteiger partial charge < -0.3 is 14.8 Å². The molecular weight excluding hydrogens is 238 g/mol. The molecule has 3 nitrogen and oxygen atoms in total. The molecule has 0 saturated heterocycles. The molecule has 0 fully saturated rings. The standard InChI is InChI=1S/C16H27NO2/c1-4-6-11-18-12-13-19-16-9-7-15(8-10-16)14(3)17-5-2/h7-10,14,17H,4-6,11-13H2,1-3H3. The highest BCUT2D eigenvalue weighted by atomic mass is 16.5. The summed E-state index contributed by atoms with van der Waals surface area (Å²) in [5.41, 5.74) is 1.29. The second-order valence-corrected chi connectivity index (χ2v) is 4.66. The van der Waals surface area contributed by atoms with Crippen molar-refractivity contribution < 1.29 is 9.47 Å². The second-order valence-electron chi connectivity index (χ2n) is 4.66. The third-order valence-electron chi connectivity index (χ3n) is 3.03. The van der Waals surface area contributed by atoms with Gasteiger partial charge in [-0.25, -0.2) is 0 Å². The molecule has 0 aliphatic rings. The van der Waals surface area contributed by atoms with Gasteiger partial charge >= 0.3 is 0 Å². The lowest BCUT2D eigenvalue weighted by Crippen LogP contribution is -2.17. The average Bonchev–Trinajstić information content (AvgIpc) is 2.43. The van der Waals surface area contributed by atoms with Gasteiger partial charge in [-0.2, -0.15) is 0 Å². The Labute approximate surface area is 117 Å². The van der Waals surface area contributed by atoms with Gasteiger partial charge in [0.05, 0.1) is 6.61 Å². The number of hydrogen-bond acceptors (Lipinski definition) is 3. The molecule has 0 radical (unpaired) electrons. The lowest BCUT2D eigenvalue weighted by Gasteiger charge is -2.13. The smallest absolute Gasteiger partial charge is 0.119 e. The fraction of sp³-hybridized carbons (Fsp3) is 0.625. The van der Waals surface area contributed by atoms with Crippen LogP contribution < -0.4 is 10.1 Å². The van der Waals surface area contributed by atoms with Crippen LogP contribution in [0.1, 0.15) is 45.2 Å². The summed E-state index contributed by atoms with van der Waals surface area (Å²) in [6.45, 7) is 9.54. The van der Waals surface area contributed by atoms with Crippen LogP contribution in [0.5, 0.6) is 5.75 Å². The molecule has 108 valence electrons. The van der Waals surface area contributed by atoms with E-state index in [0.29, 0.717) is 19.3 Å². The van der Waals surface area contributed by atoms with Crippen molar-refractivity contribution in [3.63, 3.8) is 0 Å². The summed E-state index contributed by atoms with van der Waals surface area (Å²) in [4.78, 5) is 0. The Morgan fingerprint density at radius 3 is 2.42 bits per heavy atom. The summed E-state index contributed by atoms with van der Waals surface area (Å²) in [6.07, 6.45) is 2.29. The summed E-state index contributed by atoms with van der Waals surface area (Å²) >= 11 is 0. The molecule has 1 unspecified atom stereocenters. The van der Waals surface area contributed by atoms with Crippen LogP contribution in [0.15, 0.2) is 24.3 Å². The van der Waals surface area contributed by atoms with Gasteiger partial charge in [0.2, 0.25) is 0 Å². The normalized spacial score (nSPS) is 12.4. The van der Waals surface area contributed by atoms with E-state index in [1.165, 1.54) is 12.0 Å². The monoisotopic (exact) mass is 265 g/mol. The third-order valence-corrected chi connectivity index (χ3v) is 3.03. The number of ether oxygens (including phenoxy) is 2. The van der Waals surface area contributed by atoms with E-state index in [0.717, 1.165) is 25.3 Å². The first-order chi connectivity index (χ1) is 9.27. The molecule has 1 atom stereocenters.